The number of halogens is 3. The summed E-state index contributed by atoms with van der Waals surface area (Å²) >= 11 is 0. The summed E-state index contributed by atoms with van der Waals surface area (Å²) in [5.41, 5.74) is 0.775. The number of esters is 3. The number of amides is 2. The van der Waals surface area contributed by atoms with Crippen molar-refractivity contribution >= 4 is 35.8 Å². The third-order valence-corrected chi connectivity index (χ3v) is 8.51. The number of hydrogen-bond acceptors (Lipinski definition) is 11. The van der Waals surface area contributed by atoms with E-state index in [9.17, 15) is 42.3 Å². The molecule has 2 aliphatic rings. The fourth-order valence-electron chi connectivity index (χ4n) is 5.82. The summed E-state index contributed by atoms with van der Waals surface area (Å²) in [7, 11) is 1.47. The molecule has 1 heterocycles. The van der Waals surface area contributed by atoms with Gasteiger partial charge in [-0.2, -0.15) is 13.2 Å². The Morgan fingerprint density at radius 2 is 1.71 bits per heavy atom. The van der Waals surface area contributed by atoms with Gasteiger partial charge >= 0.3 is 24.1 Å². The van der Waals surface area contributed by atoms with E-state index in [1.165, 1.54) is 42.3 Å². The van der Waals surface area contributed by atoms with Gasteiger partial charge in [-0.25, -0.2) is 9.59 Å². The Bertz CT molecular complexity index is 1720. The first-order chi connectivity index (χ1) is 25.9. The number of aliphatic hydroxyl groups excluding tert-OH is 1. The Hall–Kier alpha value is -5.06. The lowest BCUT2D eigenvalue weighted by Gasteiger charge is -2.34. The van der Waals surface area contributed by atoms with Gasteiger partial charge in [0.2, 0.25) is 11.8 Å². The van der Waals surface area contributed by atoms with E-state index in [1.807, 2.05) is 18.2 Å². The smallest absolute Gasteiger partial charge is 0.422 e. The summed E-state index contributed by atoms with van der Waals surface area (Å²) in [6, 6.07) is 12.9. The van der Waals surface area contributed by atoms with Gasteiger partial charge in [0.1, 0.15) is 36.7 Å². The molecule has 2 amide bonds. The molecule has 2 N–H and O–H groups in total. The van der Waals surface area contributed by atoms with Crippen molar-refractivity contribution in [2.45, 2.75) is 88.6 Å². The van der Waals surface area contributed by atoms with E-state index < -0.39 is 85.1 Å². The van der Waals surface area contributed by atoms with Crippen LogP contribution in [0.2, 0.25) is 0 Å². The van der Waals surface area contributed by atoms with Crippen molar-refractivity contribution < 1.29 is 65.9 Å². The van der Waals surface area contributed by atoms with Crippen molar-refractivity contribution in [1.29, 1.82) is 0 Å². The second kappa shape index (κ2) is 19.0. The Labute approximate surface area is 316 Å². The number of nitrogens with one attached hydrogen (secondary N) is 1. The summed E-state index contributed by atoms with van der Waals surface area (Å²) in [4.78, 5) is 66.3. The molecular weight excluding hydrogens is 729 g/mol. The number of ether oxygens (including phenoxy) is 5. The van der Waals surface area contributed by atoms with Crippen LogP contribution in [0.3, 0.4) is 0 Å². The van der Waals surface area contributed by atoms with Crippen LogP contribution >= 0.6 is 0 Å². The number of fused-ring (bicyclic) bond motifs is 1. The first-order valence-corrected chi connectivity index (χ1v) is 17.5. The number of likely N-dealkylation sites (N-methyl/N-ethyl adjacent to an activating group) is 1. The maximum atomic E-state index is 14.1. The van der Waals surface area contributed by atoms with E-state index in [0.717, 1.165) is 11.6 Å². The highest BCUT2D eigenvalue weighted by Gasteiger charge is 2.44. The molecule has 1 aliphatic carbocycles. The van der Waals surface area contributed by atoms with Gasteiger partial charge in [-0.05, 0) is 62.6 Å². The van der Waals surface area contributed by atoms with Crippen LogP contribution in [-0.2, 0) is 49.3 Å². The largest absolute Gasteiger partial charge is 0.460 e. The van der Waals surface area contributed by atoms with Crippen LogP contribution in [0.4, 0.5) is 13.2 Å². The lowest BCUT2D eigenvalue weighted by Crippen LogP contribution is -2.53. The predicted octanol–water partition coefficient (Wildman–Crippen LogP) is 4.07. The van der Waals surface area contributed by atoms with E-state index >= 15 is 0 Å². The Morgan fingerprint density at radius 1 is 1.02 bits per heavy atom. The number of nitrogens with zero attached hydrogens (tertiary/aromatic N) is 1. The molecule has 2 aromatic carbocycles. The first-order valence-electron chi connectivity index (χ1n) is 17.5. The van der Waals surface area contributed by atoms with Gasteiger partial charge in [0, 0.05) is 38.0 Å². The minimum Gasteiger partial charge on any atom is -0.460 e. The summed E-state index contributed by atoms with van der Waals surface area (Å²) in [5.74, 6) is -3.53. The van der Waals surface area contributed by atoms with Crippen LogP contribution in [0.1, 0.15) is 61.5 Å². The molecule has 1 fully saturated rings. The van der Waals surface area contributed by atoms with Crippen LogP contribution < -0.4 is 5.32 Å². The van der Waals surface area contributed by atoms with Gasteiger partial charge in [-0.1, -0.05) is 42.5 Å². The van der Waals surface area contributed by atoms with Crippen LogP contribution in [0.25, 0.3) is 6.08 Å². The second-order valence-electron chi connectivity index (χ2n) is 14.0. The van der Waals surface area contributed by atoms with Crippen LogP contribution in [0, 0.1) is 0 Å². The van der Waals surface area contributed by atoms with E-state index in [4.69, 9.17) is 18.9 Å². The van der Waals surface area contributed by atoms with Crippen molar-refractivity contribution in [3.8, 4) is 0 Å². The minimum absolute atomic E-state index is 0.0511. The molecule has 0 radical (unpaired) electrons. The molecule has 0 saturated carbocycles. The molecule has 1 saturated heterocycles. The normalized spacial score (nSPS) is 19.4. The van der Waals surface area contributed by atoms with Crippen molar-refractivity contribution in [2.75, 3.05) is 27.1 Å². The zero-order valence-electron chi connectivity index (χ0n) is 30.9. The molecule has 5 atom stereocenters. The Balaban J connectivity index is 1.45. The molecule has 13 nitrogen and oxygen atoms in total. The van der Waals surface area contributed by atoms with E-state index in [2.05, 4.69) is 10.1 Å². The zero-order valence-corrected chi connectivity index (χ0v) is 30.9. The Morgan fingerprint density at radius 3 is 2.35 bits per heavy atom. The van der Waals surface area contributed by atoms with Gasteiger partial charge in [0.25, 0.3) is 0 Å². The third-order valence-electron chi connectivity index (χ3n) is 8.51. The predicted molar refractivity (Wildman–Crippen MR) is 190 cm³/mol. The molecule has 55 heavy (non-hydrogen) atoms. The van der Waals surface area contributed by atoms with Gasteiger partial charge in [-0.15, -0.1) is 0 Å². The average Bonchev–Trinajstić information content (AvgIpc) is 3.62. The third kappa shape index (κ3) is 13.3. The number of benzene rings is 2. The van der Waals surface area contributed by atoms with Crippen LogP contribution in [0.5, 0.6) is 0 Å². The fraction of sp³-hybridized carbons (Fsp3) is 0.462. The zero-order chi connectivity index (χ0) is 40.3. The van der Waals surface area contributed by atoms with Crippen molar-refractivity contribution in [3.05, 3.63) is 89.0 Å². The Kier molecular flexibility index (Phi) is 14.7. The number of hydrogen-bond donors (Lipinski definition) is 2. The first kappa shape index (κ1) is 42.7. The maximum absolute atomic E-state index is 14.1. The molecule has 0 spiro atoms. The summed E-state index contributed by atoms with van der Waals surface area (Å²) < 4.78 is 63.5. The van der Waals surface area contributed by atoms with Gasteiger partial charge in [0.05, 0.1) is 18.2 Å². The monoisotopic (exact) mass is 774 g/mol. The standard InChI is InChI=1S/C39H45F3N2O11/c1-38(2,3)55-33(47)17-15-28(21-45)43-35(48)29(18-25-8-6-5-7-9-25)44(4)36(49)27-19-30-34(53-23-52-30)31(20-27)54-37(50)26-13-10-24(11-14-26)12-16-32(46)51-22-39(40,41)42/h5-14,16,19,28-31,34,45H,15,17-18,20-23H2,1-4H3,(H,43,48). The topological polar surface area (TPSA) is 167 Å². The lowest BCUT2D eigenvalue weighted by molar-refractivity contribution is -0.182. The SMILES string of the molecule is CN(C(=O)C1=CC2OCOC2C(OC(=O)c2ccc(C=CC(=O)OCC(F)(F)F)cc2)C1)C(Cc1ccccc1)C(=O)NC(CO)CCC(=O)OC(C)(C)C. The molecule has 0 bridgehead atoms. The highest BCUT2D eigenvalue weighted by molar-refractivity contribution is 5.97. The summed E-state index contributed by atoms with van der Waals surface area (Å²) in [6.07, 6.45) is -3.36. The van der Waals surface area contributed by atoms with E-state index in [1.54, 1.807) is 39.0 Å². The highest BCUT2D eigenvalue weighted by atomic mass is 19.4. The number of aliphatic hydroxyl groups is 1. The van der Waals surface area contributed by atoms with E-state index in [-0.39, 0.29) is 43.6 Å². The van der Waals surface area contributed by atoms with Gasteiger partial charge < -0.3 is 39.0 Å². The molecule has 298 valence electrons. The molecule has 4 rings (SSSR count). The summed E-state index contributed by atoms with van der Waals surface area (Å²) in [5, 5.41) is 12.8. The maximum Gasteiger partial charge on any atom is 0.422 e. The molecule has 2 aromatic rings. The number of alkyl halides is 3. The van der Waals surface area contributed by atoms with E-state index in [0.29, 0.717) is 5.56 Å². The fourth-order valence-corrected chi connectivity index (χ4v) is 5.82. The summed E-state index contributed by atoms with van der Waals surface area (Å²) in [6.45, 7) is 2.91. The van der Waals surface area contributed by atoms with Crippen LogP contribution in [-0.4, -0.2) is 109 Å². The highest BCUT2D eigenvalue weighted by Crippen LogP contribution is 2.32. The lowest BCUT2D eigenvalue weighted by atomic mass is 9.90. The molecule has 16 heteroatoms. The molecule has 5 unspecified atom stereocenters. The molecule has 1 aliphatic heterocycles. The minimum atomic E-state index is -4.65. The molecule has 0 aromatic heterocycles. The number of carbonyl (C=O) groups excluding carboxylic acids is 5. The number of carbonyl (C=O) groups is 5. The van der Waals surface area contributed by atoms with Crippen molar-refractivity contribution in [2.24, 2.45) is 0 Å². The average molecular weight is 775 g/mol. The quantitative estimate of drug-likeness (QED) is 0.152. The van der Waals surface area contributed by atoms with Gasteiger partial charge in [0.15, 0.2) is 6.61 Å². The second-order valence-corrected chi connectivity index (χ2v) is 14.0. The number of rotatable bonds is 15. The van der Waals surface area contributed by atoms with Crippen molar-refractivity contribution in [3.63, 3.8) is 0 Å². The van der Waals surface area contributed by atoms with Gasteiger partial charge in [-0.3, -0.25) is 14.4 Å². The molecular formula is C39H45F3N2O11. The van der Waals surface area contributed by atoms with Crippen LogP contribution in [0.15, 0.2) is 72.3 Å². The van der Waals surface area contributed by atoms with Crippen molar-refractivity contribution in [1.82, 2.24) is 10.2 Å².